The van der Waals surface area contributed by atoms with Crippen molar-refractivity contribution < 1.29 is 0 Å². The minimum atomic E-state index is 0.826. The van der Waals surface area contributed by atoms with Gasteiger partial charge in [-0.1, -0.05) is 28.9 Å². The number of hydrogen-bond acceptors (Lipinski definition) is 1. The average molecular weight is 268 g/mol. The highest BCUT2D eigenvalue weighted by molar-refractivity contribution is 9.10. The Bertz CT molecular complexity index is 335. The smallest absolute Gasteiger partial charge is 0.0178 e. The van der Waals surface area contributed by atoms with Crippen LogP contribution in [0.2, 0.25) is 0 Å². The summed E-state index contributed by atoms with van der Waals surface area (Å²) in [4.78, 5) is 0. The number of aryl methyl sites for hydroxylation is 1. The van der Waals surface area contributed by atoms with Gasteiger partial charge in [0.15, 0.2) is 0 Å². The molecule has 1 nitrogen and oxygen atoms in total. The highest BCUT2D eigenvalue weighted by atomic mass is 79.9. The van der Waals surface area contributed by atoms with Gasteiger partial charge in [-0.25, -0.2) is 0 Å². The lowest BCUT2D eigenvalue weighted by Crippen LogP contribution is -2.27. The van der Waals surface area contributed by atoms with Crippen LogP contribution in [0.4, 0.5) is 0 Å². The minimum absolute atomic E-state index is 0.826. The Kier molecular flexibility index (Phi) is 3.81. The molecule has 0 saturated carbocycles. The van der Waals surface area contributed by atoms with Crippen LogP contribution in [0.25, 0.3) is 0 Å². The molecule has 0 aliphatic heterocycles. The van der Waals surface area contributed by atoms with E-state index in [2.05, 4.69) is 46.4 Å². The number of nitrogens with one attached hydrogen (secondary N) is 1. The molecule has 0 radical (unpaired) electrons. The molecule has 0 aromatic heterocycles. The van der Waals surface area contributed by atoms with Gasteiger partial charge >= 0.3 is 0 Å². The first-order valence-electron chi connectivity index (χ1n) is 5.77. The molecule has 0 heterocycles. The fourth-order valence-corrected chi connectivity index (χ4v) is 2.73. The molecule has 1 aromatic carbocycles. The van der Waals surface area contributed by atoms with E-state index < -0.39 is 0 Å². The van der Waals surface area contributed by atoms with Crippen molar-refractivity contribution in [3.8, 4) is 0 Å². The Balaban J connectivity index is 2.05. The van der Waals surface area contributed by atoms with Crippen molar-refractivity contribution in [1.29, 1.82) is 0 Å². The van der Waals surface area contributed by atoms with Gasteiger partial charge in [-0.3, -0.25) is 0 Å². The lowest BCUT2D eigenvalue weighted by molar-refractivity contribution is 0.430. The fourth-order valence-electron chi connectivity index (χ4n) is 2.32. The second-order valence-corrected chi connectivity index (χ2v) is 5.25. The molecule has 0 fully saturated rings. The Morgan fingerprint density at radius 1 is 1.40 bits per heavy atom. The van der Waals surface area contributed by atoms with Crippen LogP contribution in [0, 0.1) is 5.92 Å². The number of fused-ring (bicyclic) bond motifs is 1. The summed E-state index contributed by atoms with van der Waals surface area (Å²) in [5.41, 5.74) is 3.09. The van der Waals surface area contributed by atoms with E-state index >= 15 is 0 Å². The van der Waals surface area contributed by atoms with Crippen LogP contribution >= 0.6 is 15.9 Å². The highest BCUT2D eigenvalue weighted by Gasteiger charge is 2.17. The number of rotatable bonds is 3. The zero-order valence-electron chi connectivity index (χ0n) is 9.22. The lowest BCUT2D eigenvalue weighted by Gasteiger charge is -2.24. The van der Waals surface area contributed by atoms with Gasteiger partial charge in [0.25, 0.3) is 0 Å². The first-order chi connectivity index (χ1) is 7.29. The minimum Gasteiger partial charge on any atom is -0.317 e. The molecule has 1 aliphatic rings. The molecule has 0 spiro atoms. The van der Waals surface area contributed by atoms with Gasteiger partial charge in [-0.15, -0.1) is 0 Å². The van der Waals surface area contributed by atoms with E-state index in [-0.39, 0.29) is 0 Å². The zero-order chi connectivity index (χ0) is 10.7. The van der Waals surface area contributed by atoms with E-state index in [9.17, 15) is 0 Å². The van der Waals surface area contributed by atoms with Crippen molar-refractivity contribution in [2.24, 2.45) is 5.92 Å². The maximum Gasteiger partial charge on any atom is 0.0178 e. The normalized spacial score (nSPS) is 20.0. The van der Waals surface area contributed by atoms with Crippen LogP contribution in [-0.2, 0) is 12.8 Å². The molecule has 82 valence electrons. The molecule has 0 bridgehead atoms. The molecular formula is C13H18BrN. The molecule has 15 heavy (non-hydrogen) atoms. The summed E-state index contributed by atoms with van der Waals surface area (Å²) in [5.74, 6) is 0.826. The summed E-state index contributed by atoms with van der Waals surface area (Å²) in [7, 11) is 0. The van der Waals surface area contributed by atoms with Crippen LogP contribution in [0.3, 0.4) is 0 Å². The maximum absolute atomic E-state index is 3.55. The van der Waals surface area contributed by atoms with Crippen LogP contribution in [-0.4, -0.2) is 13.1 Å². The summed E-state index contributed by atoms with van der Waals surface area (Å²) >= 11 is 3.55. The Labute approximate surface area is 100 Å². The van der Waals surface area contributed by atoms with Gasteiger partial charge in [0, 0.05) is 4.47 Å². The van der Waals surface area contributed by atoms with Crippen LogP contribution < -0.4 is 5.32 Å². The SMILES string of the molecule is CCNCC1CCc2ccc(Br)cc2C1. The second-order valence-electron chi connectivity index (χ2n) is 4.33. The zero-order valence-corrected chi connectivity index (χ0v) is 10.8. The average Bonchev–Trinajstić information content (AvgIpc) is 2.25. The predicted molar refractivity (Wildman–Crippen MR) is 68.2 cm³/mol. The van der Waals surface area contributed by atoms with E-state index in [1.165, 1.54) is 30.3 Å². The molecule has 0 amide bonds. The summed E-state index contributed by atoms with van der Waals surface area (Å²) in [6.07, 6.45) is 3.82. The van der Waals surface area contributed by atoms with Crippen molar-refractivity contribution in [3.05, 3.63) is 33.8 Å². The van der Waals surface area contributed by atoms with Crippen LogP contribution in [0.15, 0.2) is 22.7 Å². The highest BCUT2D eigenvalue weighted by Crippen LogP contribution is 2.27. The molecule has 1 atom stereocenters. The summed E-state index contributed by atoms with van der Waals surface area (Å²) in [5, 5.41) is 3.45. The largest absolute Gasteiger partial charge is 0.317 e. The number of hydrogen-bond donors (Lipinski definition) is 1. The summed E-state index contributed by atoms with van der Waals surface area (Å²) in [6.45, 7) is 4.43. The van der Waals surface area contributed by atoms with Gasteiger partial charge < -0.3 is 5.32 Å². The number of benzene rings is 1. The quantitative estimate of drug-likeness (QED) is 0.887. The maximum atomic E-state index is 3.55. The molecule has 2 heteroatoms. The van der Waals surface area contributed by atoms with Crippen molar-refractivity contribution >= 4 is 15.9 Å². The van der Waals surface area contributed by atoms with Crippen LogP contribution in [0.5, 0.6) is 0 Å². The van der Waals surface area contributed by atoms with Crippen molar-refractivity contribution in [2.75, 3.05) is 13.1 Å². The Morgan fingerprint density at radius 2 is 2.27 bits per heavy atom. The van der Waals surface area contributed by atoms with Crippen molar-refractivity contribution in [1.82, 2.24) is 5.32 Å². The predicted octanol–water partition coefficient (Wildman–Crippen LogP) is 3.16. The first kappa shape index (κ1) is 11.2. The first-order valence-corrected chi connectivity index (χ1v) is 6.57. The summed E-state index contributed by atoms with van der Waals surface area (Å²) < 4.78 is 1.21. The monoisotopic (exact) mass is 267 g/mol. The molecule has 1 N–H and O–H groups in total. The van der Waals surface area contributed by atoms with Gasteiger partial charge in [-0.2, -0.15) is 0 Å². The third-order valence-corrected chi connectivity index (χ3v) is 3.68. The third kappa shape index (κ3) is 2.82. The standard InChI is InChI=1S/C13H18BrN/c1-2-15-9-10-3-4-11-5-6-13(14)8-12(11)7-10/h5-6,8,10,15H,2-4,7,9H2,1H3. The molecule has 1 aliphatic carbocycles. The Hall–Kier alpha value is -0.340. The molecular weight excluding hydrogens is 250 g/mol. The number of halogens is 1. The molecule has 2 rings (SSSR count). The lowest BCUT2D eigenvalue weighted by atomic mass is 9.84. The third-order valence-electron chi connectivity index (χ3n) is 3.18. The molecule has 1 aromatic rings. The van der Waals surface area contributed by atoms with E-state index in [4.69, 9.17) is 0 Å². The second kappa shape index (κ2) is 5.13. The Morgan fingerprint density at radius 3 is 3.07 bits per heavy atom. The van der Waals surface area contributed by atoms with Crippen LogP contribution in [0.1, 0.15) is 24.5 Å². The van der Waals surface area contributed by atoms with Crippen molar-refractivity contribution in [3.63, 3.8) is 0 Å². The van der Waals surface area contributed by atoms with Gasteiger partial charge in [0.05, 0.1) is 0 Å². The topological polar surface area (TPSA) is 12.0 Å². The fraction of sp³-hybridized carbons (Fsp3) is 0.538. The van der Waals surface area contributed by atoms with E-state index in [0.29, 0.717) is 0 Å². The van der Waals surface area contributed by atoms with E-state index in [1.807, 2.05) is 0 Å². The van der Waals surface area contributed by atoms with Gasteiger partial charge in [0.2, 0.25) is 0 Å². The molecule has 0 saturated heterocycles. The van der Waals surface area contributed by atoms with E-state index in [1.54, 1.807) is 11.1 Å². The van der Waals surface area contributed by atoms with Gasteiger partial charge in [0.1, 0.15) is 0 Å². The van der Waals surface area contributed by atoms with Crippen molar-refractivity contribution in [2.45, 2.75) is 26.2 Å². The van der Waals surface area contributed by atoms with E-state index in [0.717, 1.165) is 12.5 Å². The van der Waals surface area contributed by atoms with Gasteiger partial charge in [-0.05, 0) is 61.5 Å². The summed E-state index contributed by atoms with van der Waals surface area (Å²) in [6, 6.07) is 6.71. The molecule has 1 unspecified atom stereocenters.